The summed E-state index contributed by atoms with van der Waals surface area (Å²) in [6.07, 6.45) is 0.688. The smallest absolute Gasteiger partial charge is 0.320 e. The van der Waals surface area contributed by atoms with Crippen LogP contribution in [-0.2, 0) is 4.79 Å². The second-order valence-corrected chi connectivity index (χ2v) is 6.41. The van der Waals surface area contributed by atoms with Gasteiger partial charge in [0.25, 0.3) is 0 Å². The summed E-state index contributed by atoms with van der Waals surface area (Å²) < 4.78 is 5.23. The number of carbonyl (C=O) groups is 1. The number of carboxylic acid groups (broad SMARTS) is 1. The number of aryl methyl sites for hydroxylation is 1. The molecular weight excluding hydrogens is 284 g/mol. The molecule has 0 amide bonds. The van der Waals surface area contributed by atoms with Crippen LogP contribution in [0.4, 0.5) is 0 Å². The van der Waals surface area contributed by atoms with Crippen molar-refractivity contribution in [2.75, 3.05) is 26.2 Å². The Balaban J connectivity index is 1.93. The topological polar surface area (TPSA) is 82.7 Å². The summed E-state index contributed by atoms with van der Waals surface area (Å²) in [7, 11) is 0. The molecule has 7 heteroatoms. The molecule has 2 unspecified atom stereocenters. The molecule has 2 rings (SSSR count). The number of hydrogen-bond donors (Lipinski definition) is 1. The second kappa shape index (κ2) is 7.19. The summed E-state index contributed by atoms with van der Waals surface area (Å²) in [4.78, 5) is 20.1. The molecule has 2 atom stereocenters. The Morgan fingerprint density at radius 1 is 1.23 bits per heavy atom. The molecule has 0 aromatic carbocycles. The first kappa shape index (κ1) is 16.9. The summed E-state index contributed by atoms with van der Waals surface area (Å²) in [5, 5.41) is 13.3. The average Bonchev–Trinajstić information content (AvgIpc) is 2.90. The van der Waals surface area contributed by atoms with Crippen LogP contribution in [0.15, 0.2) is 4.52 Å². The molecule has 1 aliphatic rings. The number of nitrogens with zero attached hydrogens (tertiary/aromatic N) is 4. The Bertz CT molecular complexity index is 495. The highest BCUT2D eigenvalue weighted by Crippen LogP contribution is 2.22. The van der Waals surface area contributed by atoms with Crippen LogP contribution in [0.1, 0.15) is 44.9 Å². The fourth-order valence-corrected chi connectivity index (χ4v) is 2.93. The maximum Gasteiger partial charge on any atom is 0.320 e. The predicted molar refractivity (Wildman–Crippen MR) is 81.5 cm³/mol. The van der Waals surface area contributed by atoms with Gasteiger partial charge < -0.3 is 9.63 Å². The third-order valence-electron chi connectivity index (χ3n) is 4.22. The lowest BCUT2D eigenvalue weighted by molar-refractivity contribution is -0.145. The molecule has 0 aliphatic carbocycles. The summed E-state index contributed by atoms with van der Waals surface area (Å²) in [6.45, 7) is 11.1. The van der Waals surface area contributed by atoms with Crippen molar-refractivity contribution >= 4 is 5.97 Å². The molecule has 0 saturated carbocycles. The Labute approximate surface area is 131 Å². The van der Waals surface area contributed by atoms with E-state index in [-0.39, 0.29) is 12.1 Å². The van der Waals surface area contributed by atoms with E-state index in [1.165, 1.54) is 0 Å². The van der Waals surface area contributed by atoms with E-state index in [2.05, 4.69) is 33.8 Å². The number of rotatable bonds is 6. The lowest BCUT2D eigenvalue weighted by Gasteiger charge is -2.39. The van der Waals surface area contributed by atoms with E-state index in [4.69, 9.17) is 4.52 Å². The highest BCUT2D eigenvalue weighted by Gasteiger charge is 2.31. The molecule has 0 spiro atoms. The minimum absolute atomic E-state index is 0.0664. The van der Waals surface area contributed by atoms with Gasteiger partial charge in [-0.25, -0.2) is 0 Å². The van der Waals surface area contributed by atoms with Crippen LogP contribution in [-0.4, -0.2) is 63.2 Å². The Kier molecular flexibility index (Phi) is 5.52. The van der Waals surface area contributed by atoms with Gasteiger partial charge in [0.05, 0.1) is 6.04 Å². The molecule has 2 heterocycles. The third kappa shape index (κ3) is 4.04. The molecule has 1 fully saturated rings. The van der Waals surface area contributed by atoms with E-state index in [0.29, 0.717) is 24.1 Å². The fraction of sp³-hybridized carbons (Fsp3) is 0.800. The maximum absolute atomic E-state index is 11.5. The van der Waals surface area contributed by atoms with Crippen molar-refractivity contribution in [3.8, 4) is 0 Å². The van der Waals surface area contributed by atoms with Crippen LogP contribution >= 0.6 is 0 Å². The van der Waals surface area contributed by atoms with E-state index in [0.717, 1.165) is 26.2 Å². The Hall–Kier alpha value is -1.47. The zero-order valence-corrected chi connectivity index (χ0v) is 13.8. The maximum atomic E-state index is 11.5. The highest BCUT2D eigenvalue weighted by atomic mass is 16.5. The minimum Gasteiger partial charge on any atom is -0.480 e. The van der Waals surface area contributed by atoms with E-state index in [1.807, 2.05) is 6.92 Å². The molecule has 0 radical (unpaired) electrons. The van der Waals surface area contributed by atoms with Crippen molar-refractivity contribution in [1.82, 2.24) is 19.9 Å². The summed E-state index contributed by atoms with van der Waals surface area (Å²) in [5.74, 6) is 0.924. The monoisotopic (exact) mass is 310 g/mol. The number of hydrogen-bond acceptors (Lipinski definition) is 6. The van der Waals surface area contributed by atoms with Gasteiger partial charge >= 0.3 is 5.97 Å². The lowest BCUT2D eigenvalue weighted by atomic mass is 10.0. The number of aromatic nitrogens is 2. The average molecular weight is 310 g/mol. The molecule has 1 N–H and O–H groups in total. The predicted octanol–water partition coefficient (Wildman–Crippen LogP) is 1.56. The van der Waals surface area contributed by atoms with Crippen molar-refractivity contribution in [2.24, 2.45) is 5.92 Å². The first-order valence-electron chi connectivity index (χ1n) is 7.89. The van der Waals surface area contributed by atoms with Crippen molar-refractivity contribution in [3.05, 3.63) is 11.7 Å². The Morgan fingerprint density at radius 3 is 2.27 bits per heavy atom. The molecule has 1 aliphatic heterocycles. The number of aliphatic carboxylic acids is 1. The van der Waals surface area contributed by atoms with Gasteiger partial charge in [0, 0.05) is 26.2 Å². The van der Waals surface area contributed by atoms with E-state index in [1.54, 1.807) is 6.92 Å². The van der Waals surface area contributed by atoms with Crippen molar-refractivity contribution < 1.29 is 14.4 Å². The summed E-state index contributed by atoms with van der Waals surface area (Å²) in [5.41, 5.74) is 0. The number of carboxylic acids is 1. The van der Waals surface area contributed by atoms with Gasteiger partial charge in [0.1, 0.15) is 6.04 Å². The first-order valence-corrected chi connectivity index (χ1v) is 7.89. The highest BCUT2D eigenvalue weighted by molar-refractivity contribution is 5.73. The van der Waals surface area contributed by atoms with E-state index >= 15 is 0 Å². The zero-order valence-electron chi connectivity index (χ0n) is 13.8. The van der Waals surface area contributed by atoms with E-state index < -0.39 is 5.97 Å². The molecule has 1 aromatic rings. The summed E-state index contributed by atoms with van der Waals surface area (Å²) in [6, 6.07) is -0.320. The van der Waals surface area contributed by atoms with Crippen LogP contribution < -0.4 is 0 Å². The van der Waals surface area contributed by atoms with Gasteiger partial charge in [0.15, 0.2) is 5.82 Å². The SMILES string of the molecule is Cc1noc(C(C)N2CCN(C(CC(C)C)C(=O)O)CC2)n1. The van der Waals surface area contributed by atoms with Gasteiger partial charge in [0.2, 0.25) is 5.89 Å². The molecule has 22 heavy (non-hydrogen) atoms. The molecule has 1 saturated heterocycles. The molecule has 0 bridgehead atoms. The van der Waals surface area contributed by atoms with Crippen LogP contribution in [0.3, 0.4) is 0 Å². The van der Waals surface area contributed by atoms with Gasteiger partial charge in [-0.3, -0.25) is 14.6 Å². The number of piperazine rings is 1. The molecule has 1 aromatic heterocycles. The summed E-state index contributed by atoms with van der Waals surface area (Å²) >= 11 is 0. The lowest BCUT2D eigenvalue weighted by Crippen LogP contribution is -2.53. The second-order valence-electron chi connectivity index (χ2n) is 6.41. The Morgan fingerprint density at radius 2 is 1.82 bits per heavy atom. The van der Waals surface area contributed by atoms with Gasteiger partial charge in [-0.05, 0) is 26.2 Å². The van der Waals surface area contributed by atoms with Crippen LogP contribution in [0, 0.1) is 12.8 Å². The van der Waals surface area contributed by atoms with Crippen molar-refractivity contribution in [3.63, 3.8) is 0 Å². The van der Waals surface area contributed by atoms with Gasteiger partial charge in [-0.2, -0.15) is 4.98 Å². The van der Waals surface area contributed by atoms with Crippen LogP contribution in [0.5, 0.6) is 0 Å². The van der Waals surface area contributed by atoms with Gasteiger partial charge in [-0.15, -0.1) is 0 Å². The van der Waals surface area contributed by atoms with Crippen molar-refractivity contribution in [1.29, 1.82) is 0 Å². The van der Waals surface area contributed by atoms with E-state index in [9.17, 15) is 9.90 Å². The largest absolute Gasteiger partial charge is 0.480 e. The zero-order chi connectivity index (χ0) is 16.3. The minimum atomic E-state index is -0.720. The standard InChI is InChI=1S/C15H26N4O3/c1-10(2)9-13(15(20)21)19-7-5-18(6-8-19)11(3)14-16-12(4)17-22-14/h10-11,13H,5-9H2,1-4H3,(H,20,21). The molecular formula is C15H26N4O3. The molecule has 7 nitrogen and oxygen atoms in total. The third-order valence-corrected chi connectivity index (χ3v) is 4.22. The van der Waals surface area contributed by atoms with Gasteiger partial charge in [-0.1, -0.05) is 19.0 Å². The first-order chi connectivity index (χ1) is 10.4. The van der Waals surface area contributed by atoms with Crippen molar-refractivity contribution in [2.45, 2.75) is 46.2 Å². The normalized spacial score (nSPS) is 20.2. The molecule has 124 valence electrons. The van der Waals surface area contributed by atoms with Crippen LogP contribution in [0.2, 0.25) is 0 Å². The quantitative estimate of drug-likeness (QED) is 0.853. The fourth-order valence-electron chi connectivity index (χ4n) is 2.93. The van der Waals surface area contributed by atoms with Crippen LogP contribution in [0.25, 0.3) is 0 Å².